The van der Waals surface area contributed by atoms with Crippen molar-refractivity contribution in [1.29, 1.82) is 0 Å². The second kappa shape index (κ2) is 3.34. The van der Waals surface area contributed by atoms with Gasteiger partial charge in [-0.3, -0.25) is 0 Å². The van der Waals surface area contributed by atoms with E-state index in [1.54, 1.807) is 6.20 Å². The maximum Gasteiger partial charge on any atom is 0.180 e. The highest BCUT2D eigenvalue weighted by Gasteiger charge is 2.01. The molecule has 4 nitrogen and oxygen atoms in total. The summed E-state index contributed by atoms with van der Waals surface area (Å²) in [7, 11) is 1.51. The third-order valence-corrected chi connectivity index (χ3v) is 2.04. The number of aromatic nitrogens is 1. The van der Waals surface area contributed by atoms with E-state index in [4.69, 9.17) is 5.73 Å². The fraction of sp³-hybridized carbons (Fsp3) is 0.333. The van der Waals surface area contributed by atoms with Gasteiger partial charge in [-0.15, -0.1) is 0 Å². The highest BCUT2D eigenvalue weighted by Crippen LogP contribution is 2.14. The van der Waals surface area contributed by atoms with Gasteiger partial charge < -0.3 is 10.6 Å². The van der Waals surface area contributed by atoms with Crippen LogP contribution in [0.1, 0.15) is 11.8 Å². The predicted octanol–water partition coefficient (Wildman–Crippen LogP) is 1.10. The molecule has 0 bridgehead atoms. The Morgan fingerprint density at radius 2 is 2.55 bits per heavy atom. The van der Waals surface area contributed by atoms with Crippen molar-refractivity contribution >= 4 is 22.2 Å². The number of oxime groups is 1. The monoisotopic (exact) mass is 171 g/mol. The zero-order valence-corrected chi connectivity index (χ0v) is 7.18. The van der Waals surface area contributed by atoms with Crippen LogP contribution in [0.2, 0.25) is 0 Å². The summed E-state index contributed by atoms with van der Waals surface area (Å²) in [5.74, 6) is 0. The number of nitrogen functional groups attached to an aromatic ring is 1. The van der Waals surface area contributed by atoms with Gasteiger partial charge in [0.2, 0.25) is 0 Å². The van der Waals surface area contributed by atoms with Crippen LogP contribution in [0.5, 0.6) is 0 Å². The second-order valence-electron chi connectivity index (χ2n) is 1.92. The first-order chi connectivity index (χ1) is 5.24. The highest BCUT2D eigenvalue weighted by molar-refractivity contribution is 7.17. The van der Waals surface area contributed by atoms with Gasteiger partial charge in [0.25, 0.3) is 0 Å². The Morgan fingerprint density at radius 1 is 1.82 bits per heavy atom. The van der Waals surface area contributed by atoms with Crippen LogP contribution in [0, 0.1) is 0 Å². The van der Waals surface area contributed by atoms with E-state index in [2.05, 4.69) is 15.0 Å². The number of thiazole rings is 1. The Morgan fingerprint density at radius 3 is 3.00 bits per heavy atom. The van der Waals surface area contributed by atoms with Crippen LogP contribution in [0.4, 0.5) is 5.13 Å². The molecule has 0 radical (unpaired) electrons. The summed E-state index contributed by atoms with van der Waals surface area (Å²) in [6.07, 6.45) is 1.68. The molecule has 5 heteroatoms. The first kappa shape index (κ1) is 8.00. The van der Waals surface area contributed by atoms with Crippen molar-refractivity contribution in [3.8, 4) is 0 Å². The second-order valence-corrected chi connectivity index (χ2v) is 2.98. The molecule has 1 rings (SSSR count). The van der Waals surface area contributed by atoms with Crippen molar-refractivity contribution in [1.82, 2.24) is 4.98 Å². The van der Waals surface area contributed by atoms with E-state index in [0.29, 0.717) is 5.13 Å². The smallest absolute Gasteiger partial charge is 0.180 e. The van der Waals surface area contributed by atoms with Crippen LogP contribution < -0.4 is 5.73 Å². The van der Waals surface area contributed by atoms with E-state index in [0.717, 1.165) is 10.6 Å². The predicted molar refractivity (Wildman–Crippen MR) is 45.7 cm³/mol. The summed E-state index contributed by atoms with van der Waals surface area (Å²) in [5, 5.41) is 4.29. The maximum absolute atomic E-state index is 5.42. The van der Waals surface area contributed by atoms with Crippen LogP contribution in [0.25, 0.3) is 0 Å². The van der Waals surface area contributed by atoms with Crippen molar-refractivity contribution in [3.63, 3.8) is 0 Å². The SMILES string of the molecule is CO/N=C(\C)c1cnc(N)s1. The molecule has 0 saturated carbocycles. The summed E-state index contributed by atoms with van der Waals surface area (Å²) in [6.45, 7) is 1.84. The number of nitrogens with two attached hydrogens (primary N) is 1. The Bertz CT molecular complexity index is 269. The zero-order valence-electron chi connectivity index (χ0n) is 6.37. The van der Waals surface area contributed by atoms with Gasteiger partial charge in [0, 0.05) is 6.20 Å². The summed E-state index contributed by atoms with van der Waals surface area (Å²) in [6, 6.07) is 0. The molecule has 1 aromatic rings. The van der Waals surface area contributed by atoms with E-state index in [9.17, 15) is 0 Å². The molecule has 0 aliphatic rings. The van der Waals surface area contributed by atoms with E-state index in [1.165, 1.54) is 18.4 Å². The molecule has 0 atom stereocenters. The first-order valence-corrected chi connectivity index (χ1v) is 3.85. The molecule has 0 saturated heterocycles. The molecule has 1 heterocycles. The van der Waals surface area contributed by atoms with Gasteiger partial charge in [0.05, 0.1) is 10.6 Å². The lowest BCUT2D eigenvalue weighted by Gasteiger charge is -1.91. The van der Waals surface area contributed by atoms with Gasteiger partial charge >= 0.3 is 0 Å². The lowest BCUT2D eigenvalue weighted by Crippen LogP contribution is -1.90. The summed E-state index contributed by atoms with van der Waals surface area (Å²) in [5.41, 5.74) is 6.22. The van der Waals surface area contributed by atoms with Gasteiger partial charge in [-0.25, -0.2) is 4.98 Å². The third-order valence-electron chi connectivity index (χ3n) is 1.11. The minimum atomic E-state index is 0.547. The van der Waals surface area contributed by atoms with Crippen LogP contribution in [0.3, 0.4) is 0 Å². The molecule has 11 heavy (non-hydrogen) atoms. The molecule has 1 aromatic heterocycles. The molecule has 0 spiro atoms. The normalized spacial score (nSPS) is 11.6. The Balaban J connectivity index is 2.84. The van der Waals surface area contributed by atoms with E-state index in [1.807, 2.05) is 6.92 Å². The minimum Gasteiger partial charge on any atom is -0.399 e. The number of nitrogens with zero attached hydrogens (tertiary/aromatic N) is 2. The Labute approximate surface area is 68.7 Å². The molecule has 0 aliphatic carbocycles. The molecule has 60 valence electrons. The van der Waals surface area contributed by atoms with Crippen LogP contribution >= 0.6 is 11.3 Å². The third kappa shape index (κ3) is 1.91. The average molecular weight is 171 g/mol. The lowest BCUT2D eigenvalue weighted by atomic mass is 10.4. The molecule has 0 unspecified atom stereocenters. The van der Waals surface area contributed by atoms with Crippen LogP contribution in [-0.4, -0.2) is 17.8 Å². The van der Waals surface area contributed by atoms with Gasteiger partial charge in [0.1, 0.15) is 7.11 Å². The first-order valence-electron chi connectivity index (χ1n) is 3.03. The fourth-order valence-corrected chi connectivity index (χ4v) is 1.26. The fourth-order valence-electron chi connectivity index (χ4n) is 0.637. The van der Waals surface area contributed by atoms with Crippen LogP contribution in [0.15, 0.2) is 11.4 Å². The molecular formula is C6H9N3OS. The number of hydrogen-bond donors (Lipinski definition) is 1. The minimum absolute atomic E-state index is 0.547. The number of anilines is 1. The maximum atomic E-state index is 5.42. The lowest BCUT2D eigenvalue weighted by molar-refractivity contribution is 0.213. The van der Waals surface area contributed by atoms with E-state index < -0.39 is 0 Å². The van der Waals surface area contributed by atoms with E-state index >= 15 is 0 Å². The van der Waals surface area contributed by atoms with Gasteiger partial charge in [0.15, 0.2) is 5.13 Å². The van der Waals surface area contributed by atoms with Crippen molar-refractivity contribution < 1.29 is 4.84 Å². The topological polar surface area (TPSA) is 60.5 Å². The van der Waals surface area contributed by atoms with Gasteiger partial charge in [-0.05, 0) is 6.92 Å². The van der Waals surface area contributed by atoms with Crippen molar-refractivity contribution in [3.05, 3.63) is 11.1 Å². The average Bonchev–Trinajstić information content (AvgIpc) is 2.36. The summed E-state index contributed by atoms with van der Waals surface area (Å²) >= 11 is 1.39. The van der Waals surface area contributed by atoms with Crippen molar-refractivity contribution in [2.45, 2.75) is 6.92 Å². The zero-order chi connectivity index (χ0) is 8.27. The van der Waals surface area contributed by atoms with Crippen molar-refractivity contribution in [2.24, 2.45) is 5.16 Å². The number of rotatable bonds is 2. The van der Waals surface area contributed by atoms with Gasteiger partial charge in [-0.2, -0.15) is 0 Å². The molecule has 0 amide bonds. The Hall–Kier alpha value is -1.10. The molecule has 0 aliphatic heterocycles. The molecular weight excluding hydrogens is 162 g/mol. The number of hydrogen-bond acceptors (Lipinski definition) is 5. The van der Waals surface area contributed by atoms with Crippen molar-refractivity contribution in [2.75, 3.05) is 12.8 Å². The summed E-state index contributed by atoms with van der Waals surface area (Å²) in [4.78, 5) is 9.41. The molecule has 0 fully saturated rings. The van der Waals surface area contributed by atoms with Crippen LogP contribution in [-0.2, 0) is 4.84 Å². The summed E-state index contributed by atoms with van der Waals surface area (Å²) < 4.78 is 0. The molecule has 2 N–H and O–H groups in total. The highest BCUT2D eigenvalue weighted by atomic mass is 32.1. The standard InChI is InChI=1S/C6H9N3OS/c1-4(9-10-2)5-3-8-6(7)11-5/h3H,1-2H3,(H2,7,8)/b9-4+. The quantitative estimate of drug-likeness (QED) is 0.535. The Kier molecular flexibility index (Phi) is 2.43. The van der Waals surface area contributed by atoms with Gasteiger partial charge in [-0.1, -0.05) is 16.5 Å². The van der Waals surface area contributed by atoms with E-state index in [-0.39, 0.29) is 0 Å². The largest absolute Gasteiger partial charge is 0.399 e. The molecule has 0 aromatic carbocycles.